The number of hydrogen-bond acceptors (Lipinski definition) is 4. The lowest BCUT2D eigenvalue weighted by molar-refractivity contribution is 0.0928. The Morgan fingerprint density at radius 3 is 2.53 bits per heavy atom. The largest absolute Gasteiger partial charge is 0.489 e. The van der Waals surface area contributed by atoms with E-state index in [2.05, 4.69) is 43.4 Å². The minimum Gasteiger partial charge on any atom is -0.489 e. The van der Waals surface area contributed by atoms with Crippen molar-refractivity contribution in [3.63, 3.8) is 0 Å². The third kappa shape index (κ3) is 5.22. The van der Waals surface area contributed by atoms with Gasteiger partial charge in [-0.2, -0.15) is 0 Å². The number of benzene rings is 2. The molecule has 1 atom stereocenters. The molecular weight excluding hydrogens is 400 g/mol. The Bertz CT molecular complexity index is 1020. The van der Waals surface area contributed by atoms with Gasteiger partial charge in [0.1, 0.15) is 18.1 Å². The van der Waals surface area contributed by atoms with E-state index in [0.29, 0.717) is 22.1 Å². The molecule has 0 spiro atoms. The quantitative estimate of drug-likeness (QED) is 0.524. The van der Waals surface area contributed by atoms with E-state index < -0.39 is 0 Å². The molecular formula is C24H27ClN2O3. The molecule has 1 aromatic heterocycles. The van der Waals surface area contributed by atoms with E-state index in [0.717, 1.165) is 5.56 Å². The van der Waals surface area contributed by atoms with Gasteiger partial charge in [-0.25, -0.2) is 0 Å². The first-order chi connectivity index (χ1) is 14.1. The fourth-order valence-electron chi connectivity index (χ4n) is 3.07. The highest BCUT2D eigenvalue weighted by Gasteiger charge is 2.22. The second-order valence-electron chi connectivity index (χ2n) is 8.38. The third-order valence-electron chi connectivity index (χ3n) is 5.00. The maximum Gasteiger partial charge on any atom is 0.274 e. The number of hydrogen-bond donors (Lipinski definition) is 1. The topological polar surface area (TPSA) is 64.4 Å². The Kier molecular flexibility index (Phi) is 6.52. The van der Waals surface area contributed by atoms with E-state index in [4.69, 9.17) is 20.9 Å². The Hall–Kier alpha value is -2.79. The molecule has 1 unspecified atom stereocenters. The van der Waals surface area contributed by atoms with Crippen LogP contribution in [0.15, 0.2) is 53.1 Å². The lowest BCUT2D eigenvalue weighted by Crippen LogP contribution is -2.28. The summed E-state index contributed by atoms with van der Waals surface area (Å²) in [5.74, 6) is 0.857. The lowest BCUT2D eigenvalue weighted by Gasteiger charge is -2.20. The van der Waals surface area contributed by atoms with E-state index in [1.165, 1.54) is 5.56 Å². The average molecular weight is 427 g/mol. The van der Waals surface area contributed by atoms with Crippen LogP contribution in [-0.4, -0.2) is 11.1 Å². The number of carbonyl (C=O) groups is 1. The first-order valence-corrected chi connectivity index (χ1v) is 10.3. The van der Waals surface area contributed by atoms with Crippen LogP contribution in [0.25, 0.3) is 0 Å². The fraction of sp³-hybridized carbons (Fsp3) is 0.333. The molecule has 3 rings (SSSR count). The Morgan fingerprint density at radius 1 is 1.20 bits per heavy atom. The first-order valence-electron chi connectivity index (χ1n) is 9.90. The number of aromatic nitrogens is 1. The van der Waals surface area contributed by atoms with E-state index in [9.17, 15) is 4.79 Å². The van der Waals surface area contributed by atoms with Gasteiger partial charge in [0.05, 0.1) is 11.6 Å². The lowest BCUT2D eigenvalue weighted by atomic mass is 9.86. The summed E-state index contributed by atoms with van der Waals surface area (Å²) in [6.07, 6.45) is 0. The molecule has 6 heteroatoms. The molecule has 0 saturated carbocycles. The SMILES string of the molecule is Cc1onc(C(=O)NC(C)c2ccc(C(C)(C)C)cc2)c1COc1cccc(Cl)c1. The number of halogens is 1. The van der Waals surface area contributed by atoms with E-state index in [-0.39, 0.29) is 29.7 Å². The number of rotatable bonds is 6. The number of carbonyl (C=O) groups excluding carboxylic acids is 1. The van der Waals surface area contributed by atoms with Crippen molar-refractivity contribution in [1.29, 1.82) is 0 Å². The van der Waals surface area contributed by atoms with Crippen LogP contribution < -0.4 is 10.1 Å². The molecule has 1 amide bonds. The summed E-state index contributed by atoms with van der Waals surface area (Å²) in [6.45, 7) is 10.4. The minimum atomic E-state index is -0.302. The normalized spacial score (nSPS) is 12.5. The van der Waals surface area contributed by atoms with Crippen LogP contribution >= 0.6 is 11.6 Å². The number of aryl methyl sites for hydroxylation is 1. The van der Waals surface area contributed by atoms with Crippen LogP contribution in [0.2, 0.25) is 5.02 Å². The van der Waals surface area contributed by atoms with Crippen molar-refractivity contribution < 1.29 is 14.1 Å². The summed E-state index contributed by atoms with van der Waals surface area (Å²) in [5.41, 5.74) is 3.20. The zero-order valence-electron chi connectivity index (χ0n) is 18.0. The van der Waals surface area contributed by atoms with Crippen molar-refractivity contribution in [3.05, 3.63) is 81.7 Å². The van der Waals surface area contributed by atoms with Crippen molar-refractivity contribution in [2.24, 2.45) is 0 Å². The fourth-order valence-corrected chi connectivity index (χ4v) is 3.25. The third-order valence-corrected chi connectivity index (χ3v) is 5.24. The second kappa shape index (κ2) is 8.92. The molecule has 5 nitrogen and oxygen atoms in total. The first kappa shape index (κ1) is 21.9. The molecule has 158 valence electrons. The monoisotopic (exact) mass is 426 g/mol. The van der Waals surface area contributed by atoms with Crippen molar-refractivity contribution in [2.75, 3.05) is 0 Å². The van der Waals surface area contributed by atoms with Gasteiger partial charge in [-0.1, -0.05) is 67.9 Å². The van der Waals surface area contributed by atoms with E-state index >= 15 is 0 Å². The Balaban J connectivity index is 1.69. The Labute approximate surface area is 182 Å². The highest BCUT2D eigenvalue weighted by atomic mass is 35.5. The van der Waals surface area contributed by atoms with Crippen LogP contribution in [0.1, 0.15) is 66.7 Å². The van der Waals surface area contributed by atoms with E-state index in [1.54, 1.807) is 31.2 Å². The molecule has 0 bridgehead atoms. The minimum absolute atomic E-state index is 0.0845. The number of ether oxygens (including phenoxy) is 1. The van der Waals surface area contributed by atoms with E-state index in [1.807, 2.05) is 19.1 Å². The smallest absolute Gasteiger partial charge is 0.274 e. The van der Waals surface area contributed by atoms with Gasteiger partial charge in [0.25, 0.3) is 5.91 Å². The number of amides is 1. The van der Waals surface area contributed by atoms with Gasteiger partial charge in [0.2, 0.25) is 0 Å². The molecule has 0 aliphatic carbocycles. The zero-order chi connectivity index (χ0) is 21.9. The van der Waals surface area contributed by atoms with Crippen LogP contribution in [0, 0.1) is 6.92 Å². The van der Waals surface area contributed by atoms with Crippen molar-refractivity contribution >= 4 is 17.5 Å². The van der Waals surface area contributed by atoms with Gasteiger partial charge >= 0.3 is 0 Å². The molecule has 0 aliphatic heterocycles. The van der Waals surface area contributed by atoms with Crippen molar-refractivity contribution in [3.8, 4) is 5.75 Å². The summed E-state index contributed by atoms with van der Waals surface area (Å²) >= 11 is 5.99. The second-order valence-corrected chi connectivity index (χ2v) is 8.82. The van der Waals surface area contributed by atoms with Crippen molar-refractivity contribution in [2.45, 2.75) is 52.7 Å². The molecule has 0 aliphatic rings. The summed E-state index contributed by atoms with van der Waals surface area (Å²) in [4.78, 5) is 12.8. The standard InChI is InChI=1S/C24H27ClN2O3/c1-15(17-9-11-18(12-10-17)24(3,4)5)26-23(28)22-21(16(2)30-27-22)14-29-20-8-6-7-19(25)13-20/h6-13,15H,14H2,1-5H3,(H,26,28). The molecule has 30 heavy (non-hydrogen) atoms. The van der Waals surface area contributed by atoms with Gasteiger partial charge in [-0.05, 0) is 48.6 Å². The summed E-state index contributed by atoms with van der Waals surface area (Å²) in [7, 11) is 0. The zero-order valence-corrected chi connectivity index (χ0v) is 18.7. The average Bonchev–Trinajstić information content (AvgIpc) is 3.06. The maximum atomic E-state index is 12.8. The molecule has 0 saturated heterocycles. The molecule has 1 N–H and O–H groups in total. The molecule has 2 aromatic carbocycles. The highest BCUT2D eigenvalue weighted by molar-refractivity contribution is 6.30. The predicted molar refractivity (Wildman–Crippen MR) is 118 cm³/mol. The number of nitrogens with one attached hydrogen (secondary N) is 1. The highest BCUT2D eigenvalue weighted by Crippen LogP contribution is 2.25. The predicted octanol–water partition coefficient (Wildman–Crippen LogP) is 6.00. The van der Waals surface area contributed by atoms with Crippen LogP contribution in [0.4, 0.5) is 0 Å². The maximum absolute atomic E-state index is 12.8. The van der Waals surface area contributed by atoms with Gasteiger partial charge in [0, 0.05) is 5.02 Å². The Morgan fingerprint density at radius 2 is 1.90 bits per heavy atom. The van der Waals surface area contributed by atoms with Gasteiger partial charge in [0.15, 0.2) is 5.69 Å². The van der Waals surface area contributed by atoms with Gasteiger partial charge in [-0.15, -0.1) is 0 Å². The van der Waals surface area contributed by atoms with Crippen LogP contribution in [0.3, 0.4) is 0 Å². The molecule has 3 aromatic rings. The van der Waals surface area contributed by atoms with Crippen molar-refractivity contribution in [1.82, 2.24) is 10.5 Å². The molecule has 0 radical (unpaired) electrons. The summed E-state index contributed by atoms with van der Waals surface area (Å²) < 4.78 is 11.0. The molecule has 1 heterocycles. The molecule has 0 fully saturated rings. The van der Waals surface area contributed by atoms with Gasteiger partial charge < -0.3 is 14.6 Å². The van der Waals surface area contributed by atoms with Gasteiger partial charge in [-0.3, -0.25) is 4.79 Å². The summed E-state index contributed by atoms with van der Waals surface area (Å²) in [6, 6.07) is 15.2. The van der Waals surface area contributed by atoms with Crippen LogP contribution in [-0.2, 0) is 12.0 Å². The van der Waals surface area contributed by atoms with Crippen LogP contribution in [0.5, 0.6) is 5.75 Å². The number of nitrogens with zero attached hydrogens (tertiary/aromatic N) is 1. The summed E-state index contributed by atoms with van der Waals surface area (Å²) in [5, 5.41) is 7.52.